The predicted molar refractivity (Wildman–Crippen MR) is 121 cm³/mol. The van der Waals surface area contributed by atoms with Crippen LogP contribution < -0.4 is 10.2 Å². The van der Waals surface area contributed by atoms with Crippen molar-refractivity contribution in [3.8, 4) is 0 Å². The lowest BCUT2D eigenvalue weighted by molar-refractivity contribution is 0.102. The molecule has 1 N–H and O–H groups in total. The van der Waals surface area contributed by atoms with E-state index in [4.69, 9.17) is 0 Å². The van der Waals surface area contributed by atoms with Gasteiger partial charge in [0.1, 0.15) is 5.52 Å². The molecule has 1 aliphatic heterocycles. The zero-order valence-corrected chi connectivity index (χ0v) is 17.5. The van der Waals surface area contributed by atoms with Crippen LogP contribution in [0.4, 0.5) is 16.2 Å². The number of hydrogen-bond acceptors (Lipinski definition) is 5. The van der Waals surface area contributed by atoms with Crippen LogP contribution in [-0.4, -0.2) is 56.5 Å². The first-order valence-corrected chi connectivity index (χ1v) is 10.2. The Morgan fingerprint density at radius 1 is 1.09 bits per heavy atom. The fraction of sp³-hybridized carbons (Fsp3) is 0.174. The molecule has 3 aromatic heterocycles. The lowest BCUT2D eigenvalue weighted by Crippen LogP contribution is -2.29. The maximum Gasteiger partial charge on any atom is 0.324 e. The Morgan fingerprint density at radius 3 is 2.78 bits per heavy atom. The number of likely N-dealkylation sites (N-methyl/N-ethyl adjacent to an activating group) is 1. The number of hydrogen-bond donors (Lipinski definition) is 1. The van der Waals surface area contributed by atoms with Crippen molar-refractivity contribution in [1.82, 2.24) is 24.4 Å². The zero-order chi connectivity index (χ0) is 22.1. The summed E-state index contributed by atoms with van der Waals surface area (Å²) in [6, 6.07) is 12.8. The van der Waals surface area contributed by atoms with Crippen molar-refractivity contribution in [2.45, 2.75) is 6.54 Å². The SMILES string of the molecule is CN1CCN(c2cccc(NC(=O)c3cnc4c(c3)ncn4Cc3cccnc3)c2)C1=O. The lowest BCUT2D eigenvalue weighted by Gasteiger charge is -2.17. The van der Waals surface area contributed by atoms with Crippen LogP contribution in [-0.2, 0) is 6.54 Å². The van der Waals surface area contributed by atoms with Crippen LogP contribution in [0, 0.1) is 0 Å². The highest BCUT2D eigenvalue weighted by atomic mass is 16.2. The van der Waals surface area contributed by atoms with Crippen LogP contribution in [0.5, 0.6) is 0 Å². The molecular weight excluding hydrogens is 406 g/mol. The normalized spacial score (nSPS) is 13.7. The Kier molecular flexibility index (Phi) is 4.98. The van der Waals surface area contributed by atoms with Crippen LogP contribution in [0.3, 0.4) is 0 Å². The third kappa shape index (κ3) is 3.76. The number of amides is 3. The second-order valence-electron chi connectivity index (χ2n) is 7.66. The molecule has 5 rings (SSSR count). The Bertz CT molecular complexity index is 1300. The smallest absolute Gasteiger partial charge is 0.324 e. The van der Waals surface area contributed by atoms with Crippen molar-refractivity contribution in [2.75, 3.05) is 30.4 Å². The third-order valence-electron chi connectivity index (χ3n) is 5.43. The number of benzene rings is 1. The van der Waals surface area contributed by atoms with Crippen molar-refractivity contribution >= 4 is 34.5 Å². The van der Waals surface area contributed by atoms with Crippen LogP contribution in [0.1, 0.15) is 15.9 Å². The second kappa shape index (κ2) is 8.10. The summed E-state index contributed by atoms with van der Waals surface area (Å²) in [5.41, 5.74) is 4.14. The molecule has 9 nitrogen and oxygen atoms in total. The third-order valence-corrected chi connectivity index (χ3v) is 5.43. The van der Waals surface area contributed by atoms with Crippen molar-refractivity contribution in [1.29, 1.82) is 0 Å². The number of nitrogens with zero attached hydrogens (tertiary/aromatic N) is 6. The summed E-state index contributed by atoms with van der Waals surface area (Å²) >= 11 is 0. The fourth-order valence-corrected chi connectivity index (χ4v) is 3.72. The Hall–Kier alpha value is -4.27. The summed E-state index contributed by atoms with van der Waals surface area (Å²) in [6.07, 6.45) is 6.78. The van der Waals surface area contributed by atoms with Gasteiger partial charge in [0.15, 0.2) is 5.65 Å². The van der Waals surface area contributed by atoms with E-state index in [0.29, 0.717) is 42.0 Å². The van der Waals surface area contributed by atoms with Gasteiger partial charge in [-0.15, -0.1) is 0 Å². The van der Waals surface area contributed by atoms with Gasteiger partial charge in [-0.2, -0.15) is 0 Å². The molecule has 0 unspecified atom stereocenters. The van der Waals surface area contributed by atoms with E-state index >= 15 is 0 Å². The van der Waals surface area contributed by atoms with Crippen molar-refractivity contribution in [3.63, 3.8) is 0 Å². The molecule has 4 heterocycles. The molecule has 9 heteroatoms. The minimum Gasteiger partial charge on any atom is -0.326 e. The summed E-state index contributed by atoms with van der Waals surface area (Å²) in [7, 11) is 1.77. The highest BCUT2D eigenvalue weighted by Crippen LogP contribution is 2.23. The molecule has 4 aromatic rings. The fourth-order valence-electron chi connectivity index (χ4n) is 3.72. The number of carbonyl (C=O) groups excluding carboxylic acids is 2. The number of aromatic nitrogens is 4. The number of anilines is 2. The molecule has 0 atom stereocenters. The average molecular weight is 427 g/mol. The summed E-state index contributed by atoms with van der Waals surface area (Å²) < 4.78 is 1.92. The topological polar surface area (TPSA) is 96.2 Å². The van der Waals surface area contributed by atoms with Gasteiger partial charge >= 0.3 is 6.03 Å². The van der Waals surface area contributed by atoms with Crippen molar-refractivity contribution in [3.05, 3.63) is 78.5 Å². The van der Waals surface area contributed by atoms with Gasteiger partial charge in [-0.1, -0.05) is 12.1 Å². The van der Waals surface area contributed by atoms with E-state index in [2.05, 4.69) is 20.3 Å². The number of fused-ring (bicyclic) bond motifs is 1. The van der Waals surface area contributed by atoms with Crippen molar-refractivity contribution in [2.24, 2.45) is 0 Å². The number of rotatable bonds is 5. The first-order chi connectivity index (χ1) is 15.6. The summed E-state index contributed by atoms with van der Waals surface area (Å²) in [4.78, 5) is 41.4. The Labute approximate surface area is 184 Å². The molecular formula is C23H21N7O2. The summed E-state index contributed by atoms with van der Waals surface area (Å²) in [6.45, 7) is 1.89. The highest BCUT2D eigenvalue weighted by molar-refractivity contribution is 6.06. The quantitative estimate of drug-likeness (QED) is 0.528. The molecule has 0 radical (unpaired) electrons. The number of nitrogens with one attached hydrogen (secondary N) is 1. The minimum atomic E-state index is -0.289. The molecule has 1 fully saturated rings. The van der Waals surface area contributed by atoms with Gasteiger partial charge < -0.3 is 14.8 Å². The van der Waals surface area contributed by atoms with Gasteiger partial charge in [-0.25, -0.2) is 14.8 Å². The van der Waals surface area contributed by atoms with Gasteiger partial charge in [-0.3, -0.25) is 14.7 Å². The van der Waals surface area contributed by atoms with E-state index in [1.807, 2.05) is 28.8 Å². The molecule has 160 valence electrons. The van der Waals surface area contributed by atoms with Gasteiger partial charge in [0.25, 0.3) is 5.91 Å². The number of urea groups is 1. The van der Waals surface area contributed by atoms with E-state index in [-0.39, 0.29) is 11.9 Å². The van der Waals surface area contributed by atoms with Crippen LogP contribution in [0.25, 0.3) is 11.2 Å². The number of pyridine rings is 2. The molecule has 32 heavy (non-hydrogen) atoms. The standard InChI is InChI=1S/C23H21N7O2/c1-28-8-9-30(23(28)32)19-6-2-5-18(11-19)27-22(31)17-10-20-21(25-13-17)29(15-26-20)14-16-4-3-7-24-12-16/h2-7,10-13,15H,8-9,14H2,1H3,(H,27,31). The lowest BCUT2D eigenvalue weighted by atomic mass is 10.2. The maximum absolute atomic E-state index is 12.8. The molecule has 0 aliphatic carbocycles. The average Bonchev–Trinajstić information content (AvgIpc) is 3.37. The van der Waals surface area contributed by atoms with E-state index < -0.39 is 0 Å². The molecule has 1 saturated heterocycles. The largest absolute Gasteiger partial charge is 0.326 e. The Morgan fingerprint density at radius 2 is 2.00 bits per heavy atom. The van der Waals surface area contributed by atoms with E-state index in [1.54, 1.807) is 60.0 Å². The Balaban J connectivity index is 1.33. The molecule has 0 bridgehead atoms. The van der Waals surface area contributed by atoms with Gasteiger partial charge in [0.2, 0.25) is 0 Å². The van der Waals surface area contributed by atoms with Gasteiger partial charge in [0.05, 0.1) is 18.4 Å². The molecule has 0 spiro atoms. The number of imidazole rings is 1. The van der Waals surface area contributed by atoms with E-state index in [1.165, 1.54) is 0 Å². The van der Waals surface area contributed by atoms with Crippen LogP contribution in [0.15, 0.2) is 67.4 Å². The van der Waals surface area contributed by atoms with E-state index in [9.17, 15) is 9.59 Å². The van der Waals surface area contributed by atoms with Gasteiger partial charge in [0, 0.05) is 50.1 Å². The first-order valence-electron chi connectivity index (χ1n) is 10.2. The second-order valence-corrected chi connectivity index (χ2v) is 7.66. The summed E-state index contributed by atoms with van der Waals surface area (Å²) in [5.74, 6) is -0.289. The van der Waals surface area contributed by atoms with Crippen LogP contribution in [0.2, 0.25) is 0 Å². The summed E-state index contributed by atoms with van der Waals surface area (Å²) in [5, 5.41) is 2.89. The number of carbonyl (C=O) groups is 2. The molecule has 1 aliphatic rings. The highest BCUT2D eigenvalue weighted by Gasteiger charge is 2.26. The predicted octanol–water partition coefficient (Wildman–Crippen LogP) is 3.00. The first kappa shape index (κ1) is 19.7. The molecule has 0 saturated carbocycles. The van der Waals surface area contributed by atoms with Gasteiger partial charge in [-0.05, 0) is 35.9 Å². The van der Waals surface area contributed by atoms with E-state index in [0.717, 1.165) is 11.3 Å². The monoisotopic (exact) mass is 427 g/mol. The molecule has 3 amide bonds. The van der Waals surface area contributed by atoms with Crippen molar-refractivity contribution < 1.29 is 9.59 Å². The molecule has 1 aromatic carbocycles. The zero-order valence-electron chi connectivity index (χ0n) is 17.5. The van der Waals surface area contributed by atoms with Crippen LogP contribution >= 0.6 is 0 Å². The maximum atomic E-state index is 12.8. The minimum absolute atomic E-state index is 0.0509.